The van der Waals surface area contributed by atoms with Gasteiger partial charge in [0.1, 0.15) is 15.7 Å². The lowest BCUT2D eigenvalue weighted by Crippen LogP contribution is -2.16. The first kappa shape index (κ1) is 20.6. The lowest BCUT2D eigenvalue weighted by Gasteiger charge is -2.07. The van der Waals surface area contributed by atoms with Crippen LogP contribution in [0.25, 0.3) is 0 Å². The van der Waals surface area contributed by atoms with E-state index in [9.17, 15) is 18.8 Å². The molecular weight excluding hydrogens is 373 g/mol. The van der Waals surface area contributed by atoms with Crippen molar-refractivity contribution < 1.29 is 28.2 Å². The lowest BCUT2D eigenvalue weighted by molar-refractivity contribution is -0.115. The lowest BCUT2D eigenvalue weighted by atomic mass is 10.1. The largest absolute Gasteiger partial charge is 0.462 e. The summed E-state index contributed by atoms with van der Waals surface area (Å²) < 4.78 is 23.0. The van der Waals surface area contributed by atoms with Crippen molar-refractivity contribution in [2.75, 3.05) is 18.5 Å². The minimum absolute atomic E-state index is 0.00572. The Hall–Kier alpha value is -2.74. The summed E-state index contributed by atoms with van der Waals surface area (Å²) in [7, 11) is 0. The Balaban J connectivity index is 2.28. The first-order chi connectivity index (χ1) is 12.9. The number of rotatable bonds is 7. The van der Waals surface area contributed by atoms with E-state index in [1.165, 1.54) is 24.3 Å². The number of hydrogen-bond donors (Lipinski definition) is 1. The second kappa shape index (κ2) is 9.27. The van der Waals surface area contributed by atoms with Crippen LogP contribution in [0.3, 0.4) is 0 Å². The molecule has 6 nitrogen and oxygen atoms in total. The maximum Gasteiger partial charge on any atom is 0.348 e. The molecule has 0 aliphatic heterocycles. The fourth-order valence-corrected chi connectivity index (χ4v) is 3.51. The first-order valence-corrected chi connectivity index (χ1v) is 9.20. The van der Waals surface area contributed by atoms with Crippen LogP contribution in [0.4, 0.5) is 9.39 Å². The molecule has 1 N–H and O–H groups in total. The van der Waals surface area contributed by atoms with Gasteiger partial charge in [0.15, 0.2) is 0 Å². The van der Waals surface area contributed by atoms with Crippen LogP contribution in [0.5, 0.6) is 0 Å². The SMILES string of the molecule is CCOC(=O)c1sc(NC(=O)Cc2ccc(F)cc2)c(C(=O)OCC)c1C. The van der Waals surface area contributed by atoms with Crippen molar-refractivity contribution in [3.8, 4) is 0 Å². The molecule has 1 heterocycles. The number of benzene rings is 1. The van der Waals surface area contributed by atoms with E-state index in [0.717, 1.165) is 11.3 Å². The number of thiophene rings is 1. The van der Waals surface area contributed by atoms with Crippen LogP contribution in [-0.4, -0.2) is 31.1 Å². The fraction of sp³-hybridized carbons (Fsp3) is 0.316. The van der Waals surface area contributed by atoms with Crippen molar-refractivity contribution in [3.05, 3.63) is 51.7 Å². The zero-order valence-corrected chi connectivity index (χ0v) is 16.1. The molecule has 0 aliphatic rings. The molecule has 0 saturated heterocycles. The van der Waals surface area contributed by atoms with Crippen molar-refractivity contribution >= 4 is 34.2 Å². The monoisotopic (exact) mass is 393 g/mol. The molecule has 0 bridgehead atoms. The molecule has 0 fully saturated rings. The number of nitrogens with one attached hydrogen (secondary N) is 1. The molecule has 0 unspecified atom stereocenters. The Morgan fingerprint density at radius 1 is 1.04 bits per heavy atom. The number of ether oxygens (including phenoxy) is 2. The minimum Gasteiger partial charge on any atom is -0.462 e. The van der Waals surface area contributed by atoms with Gasteiger partial charge in [-0.1, -0.05) is 12.1 Å². The van der Waals surface area contributed by atoms with Crippen molar-refractivity contribution in [1.29, 1.82) is 0 Å². The van der Waals surface area contributed by atoms with Crippen LogP contribution in [0.1, 0.15) is 45.0 Å². The molecule has 0 aliphatic carbocycles. The van der Waals surface area contributed by atoms with Crippen LogP contribution in [0, 0.1) is 12.7 Å². The number of halogens is 1. The summed E-state index contributed by atoms with van der Waals surface area (Å²) in [6, 6.07) is 5.54. The topological polar surface area (TPSA) is 81.7 Å². The normalized spacial score (nSPS) is 10.4. The fourth-order valence-electron chi connectivity index (χ4n) is 2.40. The average molecular weight is 393 g/mol. The van der Waals surface area contributed by atoms with Gasteiger partial charge in [-0.25, -0.2) is 14.0 Å². The molecule has 1 aromatic carbocycles. The van der Waals surface area contributed by atoms with Gasteiger partial charge in [0, 0.05) is 0 Å². The number of esters is 2. The Kier molecular flexibility index (Phi) is 7.06. The molecule has 27 heavy (non-hydrogen) atoms. The smallest absolute Gasteiger partial charge is 0.348 e. The van der Waals surface area contributed by atoms with E-state index in [-0.39, 0.29) is 35.1 Å². The highest BCUT2D eigenvalue weighted by atomic mass is 32.1. The van der Waals surface area contributed by atoms with Gasteiger partial charge in [0.2, 0.25) is 5.91 Å². The van der Waals surface area contributed by atoms with Gasteiger partial charge in [-0.3, -0.25) is 4.79 Å². The Bertz CT molecular complexity index is 845. The number of carbonyl (C=O) groups is 3. The number of amides is 1. The van der Waals surface area contributed by atoms with Gasteiger partial charge in [-0.15, -0.1) is 11.3 Å². The molecule has 8 heteroatoms. The van der Waals surface area contributed by atoms with Crippen molar-refractivity contribution in [2.45, 2.75) is 27.2 Å². The number of hydrogen-bond acceptors (Lipinski definition) is 6. The van der Waals surface area contributed by atoms with Crippen molar-refractivity contribution in [3.63, 3.8) is 0 Å². The van der Waals surface area contributed by atoms with E-state index < -0.39 is 23.7 Å². The molecule has 0 saturated carbocycles. The molecule has 2 rings (SSSR count). The number of carbonyl (C=O) groups excluding carboxylic acids is 3. The third-order valence-corrected chi connectivity index (χ3v) is 4.81. The molecule has 0 atom stereocenters. The standard InChI is InChI=1S/C19H20FNO5S/c1-4-25-18(23)15-11(3)16(19(24)26-5-2)27-17(15)21-14(22)10-12-6-8-13(20)9-7-12/h6-9H,4-5,10H2,1-3H3,(H,21,22). The van der Waals surface area contributed by atoms with Crippen LogP contribution in [-0.2, 0) is 20.7 Å². The zero-order valence-electron chi connectivity index (χ0n) is 15.3. The van der Waals surface area contributed by atoms with E-state index in [1.807, 2.05) is 0 Å². The first-order valence-electron chi connectivity index (χ1n) is 8.39. The molecule has 2 aromatic rings. The second-order valence-electron chi connectivity index (χ2n) is 5.55. The third-order valence-electron chi connectivity index (χ3n) is 3.62. The molecule has 1 aromatic heterocycles. The van der Waals surface area contributed by atoms with Crippen molar-refractivity contribution in [1.82, 2.24) is 0 Å². The Morgan fingerprint density at radius 2 is 1.63 bits per heavy atom. The summed E-state index contributed by atoms with van der Waals surface area (Å²) in [6.07, 6.45) is -0.00572. The predicted octanol–water partition coefficient (Wildman–Crippen LogP) is 3.73. The van der Waals surface area contributed by atoms with Crippen LogP contribution in [0.15, 0.2) is 24.3 Å². The van der Waals surface area contributed by atoms with E-state index in [0.29, 0.717) is 11.1 Å². The quantitative estimate of drug-likeness (QED) is 0.725. The summed E-state index contributed by atoms with van der Waals surface area (Å²) in [4.78, 5) is 37.0. The van der Waals surface area contributed by atoms with Crippen LogP contribution < -0.4 is 5.32 Å². The van der Waals surface area contributed by atoms with Gasteiger partial charge < -0.3 is 14.8 Å². The van der Waals surface area contributed by atoms with E-state index in [4.69, 9.17) is 9.47 Å². The minimum atomic E-state index is -0.626. The highest BCUT2D eigenvalue weighted by Gasteiger charge is 2.27. The zero-order chi connectivity index (χ0) is 20.0. The predicted molar refractivity (Wildman–Crippen MR) is 99.7 cm³/mol. The summed E-state index contributed by atoms with van der Waals surface area (Å²) >= 11 is 0.962. The molecule has 0 spiro atoms. The van der Waals surface area contributed by atoms with Gasteiger partial charge in [-0.2, -0.15) is 0 Å². The summed E-state index contributed by atoms with van der Waals surface area (Å²) in [5, 5.41) is 2.87. The van der Waals surface area contributed by atoms with Crippen molar-refractivity contribution in [2.24, 2.45) is 0 Å². The van der Waals surface area contributed by atoms with E-state index >= 15 is 0 Å². The van der Waals surface area contributed by atoms with E-state index in [2.05, 4.69) is 5.32 Å². The van der Waals surface area contributed by atoms with Crippen LogP contribution >= 0.6 is 11.3 Å². The molecule has 0 radical (unpaired) electrons. The van der Waals surface area contributed by atoms with Gasteiger partial charge >= 0.3 is 11.9 Å². The van der Waals surface area contributed by atoms with Gasteiger partial charge in [-0.05, 0) is 44.0 Å². The van der Waals surface area contributed by atoms with E-state index in [1.54, 1.807) is 20.8 Å². The van der Waals surface area contributed by atoms with Gasteiger partial charge in [0.05, 0.1) is 25.2 Å². The highest BCUT2D eigenvalue weighted by molar-refractivity contribution is 7.18. The Labute approximate surface area is 160 Å². The van der Waals surface area contributed by atoms with Crippen LogP contribution in [0.2, 0.25) is 0 Å². The molecule has 1 amide bonds. The average Bonchev–Trinajstić information content (AvgIpc) is 2.93. The Morgan fingerprint density at radius 3 is 2.22 bits per heavy atom. The maximum atomic E-state index is 13.0. The summed E-state index contributed by atoms with van der Waals surface area (Å²) in [6.45, 7) is 5.30. The molecule has 144 valence electrons. The summed E-state index contributed by atoms with van der Waals surface area (Å²) in [5.74, 6) is -1.98. The number of anilines is 1. The highest BCUT2D eigenvalue weighted by Crippen LogP contribution is 2.34. The molecular formula is C19H20FNO5S. The third kappa shape index (κ3) is 5.13. The maximum absolute atomic E-state index is 13.0. The van der Waals surface area contributed by atoms with Gasteiger partial charge in [0.25, 0.3) is 0 Å². The second-order valence-corrected chi connectivity index (χ2v) is 6.57. The summed E-state index contributed by atoms with van der Waals surface area (Å²) in [5.41, 5.74) is 1.15.